The molecule has 0 aliphatic carbocycles. The molecule has 0 bridgehead atoms. The second kappa shape index (κ2) is 6.35. The van der Waals surface area contributed by atoms with Crippen molar-refractivity contribution in [1.29, 1.82) is 0 Å². The van der Waals surface area contributed by atoms with Gasteiger partial charge in [-0.3, -0.25) is 4.79 Å². The molecule has 1 amide bonds. The highest BCUT2D eigenvalue weighted by molar-refractivity contribution is 7.92. The average molecular weight is 264 g/mol. The van der Waals surface area contributed by atoms with Gasteiger partial charge in [0.2, 0.25) is 5.91 Å². The second-order valence-electron chi connectivity index (χ2n) is 5.30. The quantitative estimate of drug-likeness (QED) is 0.728. The molecule has 0 aliphatic heterocycles. The van der Waals surface area contributed by atoms with Gasteiger partial charge in [0.15, 0.2) is 9.84 Å². The van der Waals surface area contributed by atoms with E-state index < -0.39 is 14.6 Å². The van der Waals surface area contributed by atoms with E-state index in [9.17, 15) is 13.2 Å². The van der Waals surface area contributed by atoms with Gasteiger partial charge in [-0.2, -0.15) is 0 Å². The maximum absolute atomic E-state index is 11.7. The minimum absolute atomic E-state index is 0.0148. The first kappa shape index (κ1) is 16.4. The van der Waals surface area contributed by atoms with Crippen LogP contribution in [0, 0.1) is 0 Å². The third-order valence-electron chi connectivity index (χ3n) is 2.45. The van der Waals surface area contributed by atoms with Crippen molar-refractivity contribution in [3.8, 4) is 0 Å². The predicted molar refractivity (Wildman–Crippen MR) is 69.4 cm³/mol. The molecule has 0 heterocycles. The molecular weight excluding hydrogens is 240 g/mol. The highest BCUT2D eigenvalue weighted by Crippen LogP contribution is 2.15. The van der Waals surface area contributed by atoms with Crippen LogP contribution in [-0.4, -0.2) is 37.4 Å². The van der Waals surface area contributed by atoms with Gasteiger partial charge >= 0.3 is 0 Å². The molecule has 3 N–H and O–H groups in total. The fourth-order valence-corrected chi connectivity index (χ4v) is 2.06. The summed E-state index contributed by atoms with van der Waals surface area (Å²) in [5.74, 6) is -0.174. The van der Waals surface area contributed by atoms with Crippen LogP contribution in [-0.2, 0) is 14.6 Å². The second-order valence-corrected chi connectivity index (χ2v) is 8.16. The third kappa shape index (κ3) is 6.63. The number of carbonyl (C=O) groups is 1. The van der Waals surface area contributed by atoms with E-state index in [1.54, 1.807) is 20.8 Å². The molecule has 102 valence electrons. The van der Waals surface area contributed by atoms with Crippen molar-refractivity contribution in [1.82, 2.24) is 5.32 Å². The highest BCUT2D eigenvalue weighted by atomic mass is 32.2. The molecule has 17 heavy (non-hydrogen) atoms. The van der Waals surface area contributed by atoms with Crippen LogP contribution in [0.2, 0.25) is 0 Å². The van der Waals surface area contributed by atoms with Crippen molar-refractivity contribution < 1.29 is 13.2 Å². The van der Waals surface area contributed by atoms with Gasteiger partial charge in [0.05, 0.1) is 10.5 Å². The summed E-state index contributed by atoms with van der Waals surface area (Å²) in [5, 5.41) is 2.59. The van der Waals surface area contributed by atoms with E-state index in [2.05, 4.69) is 5.32 Å². The summed E-state index contributed by atoms with van der Waals surface area (Å²) in [4.78, 5) is 11.3. The van der Waals surface area contributed by atoms with Crippen molar-refractivity contribution in [3.05, 3.63) is 0 Å². The summed E-state index contributed by atoms with van der Waals surface area (Å²) in [6, 6.07) is -0.0148. The maximum Gasteiger partial charge on any atom is 0.220 e. The summed E-state index contributed by atoms with van der Waals surface area (Å²) < 4.78 is 22.7. The minimum Gasteiger partial charge on any atom is -0.355 e. The molecule has 0 fully saturated rings. The number of amides is 1. The standard InChI is InChI=1S/C11H24N2O3S/c1-9(12)5-6-10(14)13-7-8-17(15,16)11(2,3)4/h9H,5-8,12H2,1-4H3,(H,13,14). The summed E-state index contributed by atoms with van der Waals surface area (Å²) in [6.45, 7) is 6.95. The molecule has 6 heteroatoms. The van der Waals surface area contributed by atoms with E-state index in [1.807, 2.05) is 6.92 Å². The molecular formula is C11H24N2O3S. The van der Waals surface area contributed by atoms with E-state index in [1.165, 1.54) is 0 Å². The number of carbonyl (C=O) groups excluding carboxylic acids is 1. The zero-order chi connectivity index (χ0) is 13.7. The molecule has 1 unspecified atom stereocenters. The minimum atomic E-state index is -3.16. The molecule has 0 rings (SSSR count). The number of rotatable bonds is 6. The fraction of sp³-hybridized carbons (Fsp3) is 0.909. The van der Waals surface area contributed by atoms with Crippen molar-refractivity contribution in [2.45, 2.75) is 51.3 Å². The van der Waals surface area contributed by atoms with Crippen LogP contribution in [0.3, 0.4) is 0 Å². The predicted octanol–water partition coefficient (Wildman–Crippen LogP) is 0.443. The first-order chi connectivity index (χ1) is 7.56. The number of hydrogen-bond acceptors (Lipinski definition) is 4. The van der Waals surface area contributed by atoms with Gasteiger partial charge in [0.1, 0.15) is 0 Å². The lowest BCUT2D eigenvalue weighted by molar-refractivity contribution is -0.121. The van der Waals surface area contributed by atoms with Gasteiger partial charge in [0.25, 0.3) is 0 Å². The summed E-state index contributed by atoms with van der Waals surface area (Å²) in [5.41, 5.74) is 5.52. The molecule has 0 spiro atoms. The van der Waals surface area contributed by atoms with Gasteiger partial charge in [-0.15, -0.1) is 0 Å². The number of nitrogens with two attached hydrogens (primary N) is 1. The van der Waals surface area contributed by atoms with Gasteiger partial charge in [-0.1, -0.05) is 0 Å². The van der Waals surface area contributed by atoms with Gasteiger partial charge in [0, 0.05) is 19.0 Å². The molecule has 0 aromatic heterocycles. The highest BCUT2D eigenvalue weighted by Gasteiger charge is 2.28. The Morgan fingerprint density at radius 1 is 1.35 bits per heavy atom. The van der Waals surface area contributed by atoms with Crippen LogP contribution in [0.15, 0.2) is 0 Å². The van der Waals surface area contributed by atoms with Crippen LogP contribution in [0.4, 0.5) is 0 Å². The molecule has 0 saturated carbocycles. The lowest BCUT2D eigenvalue weighted by Gasteiger charge is -2.19. The molecule has 1 atom stereocenters. The van der Waals surface area contributed by atoms with Crippen molar-refractivity contribution >= 4 is 15.7 Å². The third-order valence-corrected chi connectivity index (χ3v) is 5.06. The fourth-order valence-electron chi connectivity index (χ4n) is 1.08. The Morgan fingerprint density at radius 2 is 1.88 bits per heavy atom. The van der Waals surface area contributed by atoms with E-state index in [4.69, 9.17) is 5.73 Å². The summed E-state index contributed by atoms with van der Waals surface area (Å²) >= 11 is 0. The van der Waals surface area contributed by atoms with Gasteiger partial charge < -0.3 is 11.1 Å². The zero-order valence-corrected chi connectivity index (χ0v) is 11.9. The van der Waals surface area contributed by atoms with E-state index in [0.717, 1.165) is 0 Å². The molecule has 0 aromatic rings. The first-order valence-electron chi connectivity index (χ1n) is 5.81. The van der Waals surface area contributed by atoms with Crippen LogP contribution in [0.25, 0.3) is 0 Å². The van der Waals surface area contributed by atoms with Crippen molar-refractivity contribution in [2.24, 2.45) is 5.73 Å². The lowest BCUT2D eigenvalue weighted by atomic mass is 10.2. The Kier molecular flexibility index (Phi) is 6.12. The molecule has 0 saturated heterocycles. The zero-order valence-electron chi connectivity index (χ0n) is 11.1. The summed E-state index contributed by atoms with van der Waals surface area (Å²) in [7, 11) is -3.16. The Hall–Kier alpha value is -0.620. The average Bonchev–Trinajstić information content (AvgIpc) is 2.12. The van der Waals surface area contributed by atoms with E-state index in [0.29, 0.717) is 12.8 Å². The van der Waals surface area contributed by atoms with E-state index >= 15 is 0 Å². The smallest absolute Gasteiger partial charge is 0.220 e. The van der Waals surface area contributed by atoms with Crippen LogP contribution in [0.1, 0.15) is 40.5 Å². The maximum atomic E-state index is 11.7. The van der Waals surface area contributed by atoms with Crippen molar-refractivity contribution in [3.63, 3.8) is 0 Å². The summed E-state index contributed by atoms with van der Waals surface area (Å²) in [6.07, 6.45) is 0.949. The van der Waals surface area contributed by atoms with Crippen LogP contribution < -0.4 is 11.1 Å². The molecule has 0 aromatic carbocycles. The van der Waals surface area contributed by atoms with Crippen LogP contribution in [0.5, 0.6) is 0 Å². The molecule has 5 nitrogen and oxygen atoms in total. The van der Waals surface area contributed by atoms with E-state index in [-0.39, 0.29) is 24.2 Å². The Bertz CT molecular complexity index is 342. The monoisotopic (exact) mass is 264 g/mol. The first-order valence-corrected chi connectivity index (χ1v) is 7.46. The number of sulfone groups is 1. The molecule has 0 radical (unpaired) electrons. The Labute approximate surface area is 104 Å². The number of nitrogens with one attached hydrogen (secondary N) is 1. The van der Waals surface area contributed by atoms with Crippen molar-refractivity contribution in [2.75, 3.05) is 12.3 Å². The topological polar surface area (TPSA) is 89.3 Å². The Morgan fingerprint density at radius 3 is 2.29 bits per heavy atom. The SMILES string of the molecule is CC(N)CCC(=O)NCCS(=O)(=O)C(C)(C)C. The van der Waals surface area contributed by atoms with Crippen LogP contribution >= 0.6 is 0 Å². The lowest BCUT2D eigenvalue weighted by Crippen LogP contribution is -2.36. The van der Waals surface area contributed by atoms with Gasteiger partial charge in [-0.05, 0) is 34.1 Å². The van der Waals surface area contributed by atoms with Gasteiger partial charge in [-0.25, -0.2) is 8.42 Å². The molecule has 0 aliphatic rings. The Balaban J connectivity index is 3.97. The number of hydrogen-bond donors (Lipinski definition) is 2. The normalized spacial score (nSPS) is 14.4. The largest absolute Gasteiger partial charge is 0.355 e.